The highest BCUT2D eigenvalue weighted by atomic mass is 32.2. The van der Waals surface area contributed by atoms with Crippen LogP contribution in [-0.2, 0) is 0 Å². The summed E-state index contributed by atoms with van der Waals surface area (Å²) in [7, 11) is 0. The number of thioether (sulfide) groups is 1. The topological polar surface area (TPSA) is 12.0 Å². The first-order valence-corrected chi connectivity index (χ1v) is 6.17. The largest absolute Gasteiger partial charge is 0.312 e. The van der Waals surface area contributed by atoms with Crippen molar-refractivity contribution in [1.29, 1.82) is 0 Å². The molecule has 1 saturated heterocycles. The van der Waals surface area contributed by atoms with Crippen LogP contribution in [0.5, 0.6) is 0 Å². The lowest BCUT2D eigenvalue weighted by Crippen LogP contribution is -2.36. The van der Waals surface area contributed by atoms with Crippen molar-refractivity contribution in [1.82, 2.24) is 5.32 Å². The normalized spacial score (nSPS) is 30.4. The van der Waals surface area contributed by atoms with Gasteiger partial charge in [-0.3, -0.25) is 0 Å². The van der Waals surface area contributed by atoms with Gasteiger partial charge in [-0.25, -0.2) is 0 Å². The zero-order chi connectivity index (χ0) is 8.39. The molecule has 1 aromatic rings. The van der Waals surface area contributed by atoms with Crippen molar-refractivity contribution in [3.63, 3.8) is 0 Å². The van der Waals surface area contributed by atoms with Gasteiger partial charge in [-0.15, -0.1) is 23.1 Å². The van der Waals surface area contributed by atoms with Crippen LogP contribution in [0.2, 0.25) is 0 Å². The molecule has 1 fully saturated rings. The van der Waals surface area contributed by atoms with E-state index >= 15 is 0 Å². The zero-order valence-corrected chi connectivity index (χ0v) is 8.75. The van der Waals surface area contributed by atoms with Crippen molar-refractivity contribution < 1.29 is 0 Å². The van der Waals surface area contributed by atoms with Crippen LogP contribution in [0.25, 0.3) is 0 Å². The second-order valence-corrected chi connectivity index (χ2v) is 5.36. The van der Waals surface area contributed by atoms with Gasteiger partial charge < -0.3 is 5.32 Å². The maximum Gasteiger partial charge on any atom is 0.0516 e. The van der Waals surface area contributed by atoms with Crippen LogP contribution in [0.4, 0.5) is 0 Å². The number of hydrogen-bond acceptors (Lipinski definition) is 3. The van der Waals surface area contributed by atoms with Crippen LogP contribution in [0, 0.1) is 0 Å². The molecular formula is C9H13NS2. The zero-order valence-electron chi connectivity index (χ0n) is 7.12. The minimum Gasteiger partial charge on any atom is -0.312 e. The summed E-state index contributed by atoms with van der Waals surface area (Å²) in [4.78, 5) is 1.51. The van der Waals surface area contributed by atoms with Gasteiger partial charge in [-0.05, 0) is 18.4 Å². The van der Waals surface area contributed by atoms with E-state index in [0.717, 1.165) is 6.54 Å². The van der Waals surface area contributed by atoms with Gasteiger partial charge in [0.1, 0.15) is 0 Å². The highest BCUT2D eigenvalue weighted by Gasteiger charge is 2.19. The van der Waals surface area contributed by atoms with E-state index in [1.165, 1.54) is 10.6 Å². The van der Waals surface area contributed by atoms with Crippen LogP contribution in [-0.4, -0.2) is 18.3 Å². The Kier molecular flexibility index (Phi) is 2.73. The Labute approximate surface area is 81.6 Å². The number of rotatable bonds is 1. The lowest BCUT2D eigenvalue weighted by atomic mass is 10.3. The number of nitrogens with one attached hydrogen (secondary N) is 1. The van der Waals surface area contributed by atoms with Crippen LogP contribution in [0.1, 0.15) is 17.1 Å². The first-order chi connectivity index (χ1) is 5.86. The highest BCUT2D eigenvalue weighted by Crippen LogP contribution is 2.33. The first kappa shape index (κ1) is 8.60. The number of thiophene rings is 1. The van der Waals surface area contributed by atoms with Gasteiger partial charge in [-0.2, -0.15) is 0 Å². The van der Waals surface area contributed by atoms with Crippen LogP contribution >= 0.6 is 23.1 Å². The molecule has 2 heterocycles. The fourth-order valence-corrected chi connectivity index (χ4v) is 3.52. The predicted molar refractivity (Wildman–Crippen MR) is 57.0 cm³/mol. The molecule has 0 unspecified atom stereocenters. The molecule has 1 N–H and O–H groups in total. The average Bonchev–Trinajstić information content (AvgIpc) is 2.58. The molecule has 0 saturated carbocycles. The monoisotopic (exact) mass is 199 g/mol. The smallest absolute Gasteiger partial charge is 0.0516 e. The summed E-state index contributed by atoms with van der Waals surface area (Å²) in [5.41, 5.74) is 0. The standard InChI is InChI=1S/C9H13NS2/c1-7-6-12-9(5-10-7)8-3-2-4-11-8/h2-4,7,9-10H,5-6H2,1H3/t7-,9-/m0/s1. The molecule has 2 rings (SSSR count). The molecule has 0 amide bonds. The van der Waals surface area contributed by atoms with E-state index in [4.69, 9.17) is 0 Å². The van der Waals surface area contributed by atoms with Crippen LogP contribution < -0.4 is 5.32 Å². The van der Waals surface area contributed by atoms with Gasteiger partial charge in [0.05, 0.1) is 5.25 Å². The summed E-state index contributed by atoms with van der Waals surface area (Å²) in [6, 6.07) is 5.06. The second-order valence-electron chi connectivity index (χ2n) is 3.15. The summed E-state index contributed by atoms with van der Waals surface area (Å²) in [6.07, 6.45) is 0. The van der Waals surface area contributed by atoms with Gasteiger partial charge in [0.2, 0.25) is 0 Å². The van der Waals surface area contributed by atoms with Crippen molar-refractivity contribution in [3.8, 4) is 0 Å². The van der Waals surface area contributed by atoms with E-state index < -0.39 is 0 Å². The van der Waals surface area contributed by atoms with Gasteiger partial charge in [0, 0.05) is 23.2 Å². The summed E-state index contributed by atoms with van der Waals surface area (Å²) < 4.78 is 0. The van der Waals surface area contributed by atoms with E-state index in [2.05, 4.69) is 41.5 Å². The minimum atomic E-state index is 0.686. The molecule has 2 atom stereocenters. The molecule has 0 radical (unpaired) electrons. The molecule has 3 heteroatoms. The van der Waals surface area contributed by atoms with E-state index in [1.807, 2.05) is 11.3 Å². The summed E-state index contributed by atoms with van der Waals surface area (Å²) >= 11 is 3.95. The highest BCUT2D eigenvalue weighted by molar-refractivity contribution is 7.99. The molecule has 0 aliphatic carbocycles. The van der Waals surface area contributed by atoms with Gasteiger partial charge in [0.25, 0.3) is 0 Å². The van der Waals surface area contributed by atoms with E-state index in [9.17, 15) is 0 Å². The lowest BCUT2D eigenvalue weighted by molar-refractivity contribution is 0.575. The fourth-order valence-electron chi connectivity index (χ4n) is 1.34. The molecular weight excluding hydrogens is 186 g/mol. The second kappa shape index (κ2) is 3.81. The maximum atomic E-state index is 3.51. The lowest BCUT2D eigenvalue weighted by Gasteiger charge is -2.26. The van der Waals surface area contributed by atoms with Crippen molar-refractivity contribution in [3.05, 3.63) is 22.4 Å². The third kappa shape index (κ3) is 1.84. The number of hydrogen-bond donors (Lipinski definition) is 1. The molecule has 0 spiro atoms. The fraction of sp³-hybridized carbons (Fsp3) is 0.556. The Morgan fingerprint density at radius 3 is 3.08 bits per heavy atom. The molecule has 1 aliphatic rings. The van der Waals surface area contributed by atoms with Crippen LogP contribution in [0.15, 0.2) is 17.5 Å². The van der Waals surface area contributed by atoms with Gasteiger partial charge in [-0.1, -0.05) is 6.07 Å². The molecule has 0 aromatic carbocycles. The predicted octanol–water partition coefficient (Wildman–Crippen LogP) is 2.51. The molecule has 66 valence electrons. The van der Waals surface area contributed by atoms with Crippen molar-refractivity contribution in [2.24, 2.45) is 0 Å². The first-order valence-electron chi connectivity index (χ1n) is 4.24. The SMILES string of the molecule is C[C@H]1CS[C@H](c2cccs2)CN1. The summed E-state index contributed by atoms with van der Waals surface area (Å²) in [5, 5.41) is 6.36. The molecule has 1 aliphatic heterocycles. The Hall–Kier alpha value is 0.01000. The Morgan fingerprint density at radius 2 is 2.50 bits per heavy atom. The van der Waals surface area contributed by atoms with Crippen molar-refractivity contribution >= 4 is 23.1 Å². The van der Waals surface area contributed by atoms with Crippen molar-refractivity contribution in [2.75, 3.05) is 12.3 Å². The minimum absolute atomic E-state index is 0.686. The van der Waals surface area contributed by atoms with Crippen molar-refractivity contribution in [2.45, 2.75) is 18.2 Å². The molecule has 1 aromatic heterocycles. The Balaban J connectivity index is 1.99. The van der Waals surface area contributed by atoms with E-state index in [1.54, 1.807) is 0 Å². The van der Waals surface area contributed by atoms with E-state index in [0.29, 0.717) is 11.3 Å². The summed E-state index contributed by atoms with van der Waals surface area (Å²) in [6.45, 7) is 3.38. The van der Waals surface area contributed by atoms with Gasteiger partial charge in [0.15, 0.2) is 0 Å². The third-order valence-electron chi connectivity index (χ3n) is 2.06. The Bertz CT molecular complexity index is 225. The Morgan fingerprint density at radius 1 is 1.58 bits per heavy atom. The molecule has 12 heavy (non-hydrogen) atoms. The average molecular weight is 199 g/mol. The van der Waals surface area contributed by atoms with Gasteiger partial charge >= 0.3 is 0 Å². The maximum absolute atomic E-state index is 3.51. The third-order valence-corrected chi connectivity index (χ3v) is 4.71. The quantitative estimate of drug-likeness (QED) is 0.746. The van der Waals surface area contributed by atoms with Crippen LogP contribution in [0.3, 0.4) is 0 Å². The molecule has 1 nitrogen and oxygen atoms in total. The summed E-state index contributed by atoms with van der Waals surface area (Å²) in [5.74, 6) is 1.24. The van der Waals surface area contributed by atoms with E-state index in [-0.39, 0.29) is 0 Å². The molecule has 0 bridgehead atoms.